The lowest BCUT2D eigenvalue weighted by Gasteiger charge is -2.26. The first-order chi connectivity index (χ1) is 10.2. The van der Waals surface area contributed by atoms with E-state index in [2.05, 4.69) is 5.32 Å². The Kier molecular flexibility index (Phi) is 4.29. The number of amides is 1. The summed E-state index contributed by atoms with van der Waals surface area (Å²) in [5.74, 6) is 1.38. The van der Waals surface area contributed by atoms with Gasteiger partial charge >= 0.3 is 0 Å². The van der Waals surface area contributed by atoms with E-state index in [1.165, 1.54) is 19.3 Å². The van der Waals surface area contributed by atoms with Gasteiger partial charge in [0.2, 0.25) is 6.79 Å². The molecule has 0 saturated heterocycles. The number of fused-ring (bicyclic) bond motifs is 1. The van der Waals surface area contributed by atoms with Gasteiger partial charge in [0, 0.05) is 12.1 Å². The predicted octanol–water partition coefficient (Wildman–Crippen LogP) is 2.09. The highest BCUT2D eigenvalue weighted by molar-refractivity contribution is 5.94. The molecule has 1 aromatic rings. The summed E-state index contributed by atoms with van der Waals surface area (Å²) in [6, 6.07) is 5.11. The lowest BCUT2D eigenvalue weighted by Crippen LogP contribution is -2.37. The van der Waals surface area contributed by atoms with Crippen LogP contribution in [-0.2, 0) is 0 Å². The average molecular weight is 291 g/mol. The Morgan fingerprint density at radius 2 is 2.00 bits per heavy atom. The van der Waals surface area contributed by atoms with Gasteiger partial charge in [-0.25, -0.2) is 0 Å². The van der Waals surface area contributed by atoms with Crippen LogP contribution in [0.25, 0.3) is 0 Å². The highest BCUT2D eigenvalue weighted by atomic mass is 16.7. The second-order valence-electron chi connectivity index (χ2n) is 5.74. The van der Waals surface area contributed by atoms with Gasteiger partial charge in [-0.15, -0.1) is 0 Å². The van der Waals surface area contributed by atoms with Gasteiger partial charge in [-0.2, -0.15) is 0 Å². The van der Waals surface area contributed by atoms with E-state index in [9.17, 15) is 9.90 Å². The molecule has 2 N–H and O–H groups in total. The summed E-state index contributed by atoms with van der Waals surface area (Å²) in [4.78, 5) is 12.1. The Labute approximate surface area is 124 Å². The van der Waals surface area contributed by atoms with Crippen LogP contribution in [0, 0.1) is 5.92 Å². The molecule has 1 aliphatic heterocycles. The van der Waals surface area contributed by atoms with E-state index in [-0.39, 0.29) is 12.7 Å². The Morgan fingerprint density at radius 1 is 1.24 bits per heavy atom. The smallest absolute Gasteiger partial charge is 0.251 e. The lowest BCUT2D eigenvalue weighted by atomic mass is 9.85. The van der Waals surface area contributed by atoms with E-state index >= 15 is 0 Å². The van der Waals surface area contributed by atoms with Gasteiger partial charge in [0.25, 0.3) is 5.91 Å². The zero-order valence-corrected chi connectivity index (χ0v) is 12.0. The summed E-state index contributed by atoms with van der Waals surface area (Å²) in [5, 5.41) is 13.0. The molecule has 0 aromatic heterocycles. The molecule has 0 unspecified atom stereocenters. The van der Waals surface area contributed by atoms with Crippen molar-refractivity contribution < 1.29 is 19.4 Å². The maximum atomic E-state index is 12.1. The van der Waals surface area contributed by atoms with Crippen molar-refractivity contribution in [3.05, 3.63) is 23.8 Å². The highest BCUT2D eigenvalue weighted by Crippen LogP contribution is 2.32. The second-order valence-corrected chi connectivity index (χ2v) is 5.74. The van der Waals surface area contributed by atoms with Crippen molar-refractivity contribution in [1.82, 2.24) is 5.32 Å². The minimum atomic E-state index is -0.455. The van der Waals surface area contributed by atoms with Gasteiger partial charge in [0.05, 0.1) is 6.10 Å². The molecule has 1 fully saturated rings. The van der Waals surface area contributed by atoms with Crippen molar-refractivity contribution in [2.45, 2.75) is 38.2 Å². The van der Waals surface area contributed by atoms with Crippen LogP contribution in [0.2, 0.25) is 0 Å². The minimum Gasteiger partial charge on any atom is -0.454 e. The molecule has 0 radical (unpaired) electrons. The Morgan fingerprint density at radius 3 is 2.81 bits per heavy atom. The van der Waals surface area contributed by atoms with Crippen LogP contribution in [0.3, 0.4) is 0 Å². The largest absolute Gasteiger partial charge is 0.454 e. The molecule has 5 nitrogen and oxygen atoms in total. The molecule has 0 spiro atoms. The SMILES string of the molecule is O=C(NC[C@@H](O)C1CCCCC1)c1ccc2c(c1)OCO2. The zero-order chi connectivity index (χ0) is 14.7. The van der Waals surface area contributed by atoms with Crippen LogP contribution in [0.5, 0.6) is 11.5 Å². The topological polar surface area (TPSA) is 67.8 Å². The standard InChI is InChI=1S/C16H21NO4/c18-13(11-4-2-1-3-5-11)9-17-16(19)12-6-7-14-15(8-12)21-10-20-14/h6-8,11,13,18H,1-5,9-10H2,(H,17,19)/t13-/m1/s1. The third kappa shape index (κ3) is 3.29. The summed E-state index contributed by atoms with van der Waals surface area (Å²) in [6.07, 6.45) is 5.27. The normalized spacial score (nSPS) is 19.3. The van der Waals surface area contributed by atoms with E-state index < -0.39 is 6.10 Å². The molecule has 1 aromatic carbocycles. The maximum absolute atomic E-state index is 12.1. The van der Waals surface area contributed by atoms with Crippen molar-refractivity contribution >= 4 is 5.91 Å². The molecule has 1 saturated carbocycles. The maximum Gasteiger partial charge on any atom is 0.251 e. The first-order valence-electron chi connectivity index (χ1n) is 7.60. The van der Waals surface area contributed by atoms with Crippen LogP contribution < -0.4 is 14.8 Å². The number of rotatable bonds is 4. The van der Waals surface area contributed by atoms with Crippen molar-refractivity contribution in [2.75, 3.05) is 13.3 Å². The number of hydrogen-bond donors (Lipinski definition) is 2. The fraction of sp³-hybridized carbons (Fsp3) is 0.562. The van der Waals surface area contributed by atoms with Crippen LogP contribution in [0.15, 0.2) is 18.2 Å². The lowest BCUT2D eigenvalue weighted by molar-refractivity contribution is 0.0738. The molecule has 21 heavy (non-hydrogen) atoms. The van der Waals surface area contributed by atoms with E-state index in [1.807, 2.05) is 0 Å². The van der Waals surface area contributed by atoms with Crippen LogP contribution in [-0.4, -0.2) is 30.5 Å². The first kappa shape index (κ1) is 14.2. The van der Waals surface area contributed by atoms with Gasteiger partial charge in [0.15, 0.2) is 11.5 Å². The Hall–Kier alpha value is -1.75. The number of aliphatic hydroxyl groups is 1. The summed E-state index contributed by atoms with van der Waals surface area (Å²) in [5.41, 5.74) is 0.523. The summed E-state index contributed by atoms with van der Waals surface area (Å²) >= 11 is 0. The molecule has 1 heterocycles. The third-order valence-electron chi connectivity index (χ3n) is 4.30. The van der Waals surface area contributed by atoms with E-state index in [4.69, 9.17) is 9.47 Å². The molecular weight excluding hydrogens is 270 g/mol. The van der Waals surface area contributed by atoms with Gasteiger partial charge in [-0.05, 0) is 37.0 Å². The van der Waals surface area contributed by atoms with E-state index in [0.717, 1.165) is 12.8 Å². The monoisotopic (exact) mass is 291 g/mol. The number of benzene rings is 1. The molecule has 1 atom stereocenters. The number of hydrogen-bond acceptors (Lipinski definition) is 4. The predicted molar refractivity (Wildman–Crippen MR) is 77.5 cm³/mol. The van der Waals surface area contributed by atoms with E-state index in [1.54, 1.807) is 18.2 Å². The molecule has 114 valence electrons. The van der Waals surface area contributed by atoms with Crippen LogP contribution >= 0.6 is 0 Å². The molecular formula is C16H21NO4. The summed E-state index contributed by atoms with van der Waals surface area (Å²) < 4.78 is 10.5. The number of aliphatic hydroxyl groups excluding tert-OH is 1. The first-order valence-corrected chi connectivity index (χ1v) is 7.60. The minimum absolute atomic E-state index is 0.192. The van der Waals surface area contributed by atoms with E-state index in [0.29, 0.717) is 29.5 Å². The number of nitrogens with one attached hydrogen (secondary N) is 1. The fourth-order valence-corrected chi connectivity index (χ4v) is 3.02. The van der Waals surface area contributed by atoms with Gasteiger partial charge in [0.1, 0.15) is 0 Å². The van der Waals surface area contributed by atoms with Gasteiger partial charge < -0.3 is 19.9 Å². The Bertz CT molecular complexity index is 511. The van der Waals surface area contributed by atoms with Crippen LogP contribution in [0.1, 0.15) is 42.5 Å². The third-order valence-corrected chi connectivity index (χ3v) is 4.30. The highest BCUT2D eigenvalue weighted by Gasteiger charge is 2.22. The molecule has 1 aliphatic carbocycles. The van der Waals surface area contributed by atoms with Gasteiger partial charge in [-0.1, -0.05) is 19.3 Å². The van der Waals surface area contributed by atoms with Crippen molar-refractivity contribution in [3.63, 3.8) is 0 Å². The number of ether oxygens (including phenoxy) is 2. The van der Waals surface area contributed by atoms with Crippen molar-refractivity contribution in [2.24, 2.45) is 5.92 Å². The second kappa shape index (κ2) is 6.35. The average Bonchev–Trinajstić information content (AvgIpc) is 3.00. The summed E-state index contributed by atoms with van der Waals surface area (Å²) in [6.45, 7) is 0.499. The zero-order valence-electron chi connectivity index (χ0n) is 12.0. The number of carbonyl (C=O) groups is 1. The molecule has 2 aliphatic rings. The quantitative estimate of drug-likeness (QED) is 0.891. The fourth-order valence-electron chi connectivity index (χ4n) is 3.02. The Balaban J connectivity index is 1.54. The van der Waals surface area contributed by atoms with Gasteiger partial charge in [-0.3, -0.25) is 4.79 Å². The van der Waals surface area contributed by atoms with Crippen molar-refractivity contribution in [3.8, 4) is 11.5 Å². The molecule has 3 rings (SSSR count). The van der Waals surface area contributed by atoms with Crippen LogP contribution in [0.4, 0.5) is 0 Å². The van der Waals surface area contributed by atoms with Crippen molar-refractivity contribution in [1.29, 1.82) is 0 Å². The molecule has 0 bridgehead atoms. The molecule has 1 amide bonds. The summed E-state index contributed by atoms with van der Waals surface area (Å²) in [7, 11) is 0. The molecule has 5 heteroatoms. The number of carbonyl (C=O) groups excluding carboxylic acids is 1.